The van der Waals surface area contributed by atoms with Gasteiger partial charge in [-0.2, -0.15) is 5.10 Å². The van der Waals surface area contributed by atoms with Crippen LogP contribution in [0.5, 0.6) is 11.5 Å². The smallest absolute Gasteiger partial charge is 0.272 e. The fourth-order valence-corrected chi connectivity index (χ4v) is 4.66. The van der Waals surface area contributed by atoms with Gasteiger partial charge in [0.2, 0.25) is 0 Å². The predicted molar refractivity (Wildman–Crippen MR) is 126 cm³/mol. The maximum absolute atomic E-state index is 13.4. The number of benzene rings is 1. The van der Waals surface area contributed by atoms with Crippen LogP contribution in [0.25, 0.3) is 0 Å². The predicted octanol–water partition coefficient (Wildman–Crippen LogP) is 2.59. The molecule has 0 bridgehead atoms. The van der Waals surface area contributed by atoms with Gasteiger partial charge in [0.05, 0.1) is 18.8 Å². The van der Waals surface area contributed by atoms with Crippen molar-refractivity contribution in [3.05, 3.63) is 70.8 Å². The summed E-state index contributed by atoms with van der Waals surface area (Å²) in [4.78, 5) is 32.6. The van der Waals surface area contributed by atoms with E-state index < -0.39 is 0 Å². The van der Waals surface area contributed by atoms with Crippen molar-refractivity contribution in [2.45, 2.75) is 38.9 Å². The summed E-state index contributed by atoms with van der Waals surface area (Å²) in [5, 5.41) is 7.66. The molecule has 0 atom stereocenters. The zero-order chi connectivity index (χ0) is 23.8. The maximum atomic E-state index is 13.4. The van der Waals surface area contributed by atoms with Gasteiger partial charge in [-0.15, -0.1) is 0 Å². The summed E-state index contributed by atoms with van der Waals surface area (Å²) in [6.45, 7) is 3.04. The summed E-state index contributed by atoms with van der Waals surface area (Å²) in [5.41, 5.74) is 3.62. The van der Waals surface area contributed by atoms with Crippen molar-refractivity contribution in [3.8, 4) is 11.5 Å². The molecule has 9 heteroatoms. The number of aromatic nitrogens is 3. The average molecular weight is 474 g/mol. The first-order valence-electron chi connectivity index (χ1n) is 12.1. The van der Waals surface area contributed by atoms with Gasteiger partial charge in [0.1, 0.15) is 13.2 Å². The first-order chi connectivity index (χ1) is 17.2. The number of nitrogens with one attached hydrogen (secondary N) is 1. The lowest BCUT2D eigenvalue weighted by atomic mass is 10.0. The van der Waals surface area contributed by atoms with Gasteiger partial charge in [-0.1, -0.05) is 6.07 Å². The van der Waals surface area contributed by atoms with Gasteiger partial charge in [-0.3, -0.25) is 19.3 Å². The molecule has 0 radical (unpaired) electrons. The van der Waals surface area contributed by atoms with Crippen molar-refractivity contribution >= 4 is 11.8 Å². The van der Waals surface area contributed by atoms with Gasteiger partial charge in [-0.05, 0) is 49.1 Å². The summed E-state index contributed by atoms with van der Waals surface area (Å²) >= 11 is 0. The number of fused-ring (bicyclic) bond motifs is 2. The number of rotatable bonds is 6. The number of pyridine rings is 1. The second-order valence-corrected chi connectivity index (χ2v) is 9.24. The number of amides is 2. The molecule has 3 aromatic rings. The third-order valence-electron chi connectivity index (χ3n) is 6.71. The molecule has 0 saturated heterocycles. The Hall–Kier alpha value is -3.88. The molecule has 2 aliphatic heterocycles. The summed E-state index contributed by atoms with van der Waals surface area (Å²) in [6, 6.07) is 10.9. The number of hydrogen-bond acceptors (Lipinski definition) is 6. The third kappa shape index (κ3) is 4.45. The van der Waals surface area contributed by atoms with E-state index in [9.17, 15) is 9.59 Å². The number of hydrogen-bond donors (Lipinski definition) is 1. The molecule has 2 aromatic heterocycles. The zero-order valence-corrected chi connectivity index (χ0v) is 19.4. The molecule has 1 N–H and O–H groups in total. The monoisotopic (exact) mass is 473 g/mol. The minimum atomic E-state index is -0.241. The molecule has 1 saturated carbocycles. The Bertz CT molecular complexity index is 1270. The van der Waals surface area contributed by atoms with Crippen molar-refractivity contribution in [1.29, 1.82) is 0 Å². The molecule has 180 valence electrons. The third-order valence-corrected chi connectivity index (χ3v) is 6.71. The fraction of sp³-hybridized carbons (Fsp3) is 0.385. The van der Waals surface area contributed by atoms with E-state index in [0.29, 0.717) is 67.9 Å². The first-order valence-corrected chi connectivity index (χ1v) is 12.1. The molecule has 35 heavy (non-hydrogen) atoms. The molecule has 6 rings (SSSR count). The summed E-state index contributed by atoms with van der Waals surface area (Å²) in [5.74, 6) is 1.53. The van der Waals surface area contributed by atoms with Crippen LogP contribution in [0.3, 0.4) is 0 Å². The molecule has 1 aromatic carbocycles. The van der Waals surface area contributed by atoms with E-state index in [-0.39, 0.29) is 11.8 Å². The minimum absolute atomic E-state index is 0.0950. The lowest BCUT2D eigenvalue weighted by Crippen LogP contribution is -2.37. The number of carbonyl (C=O) groups is 2. The van der Waals surface area contributed by atoms with Gasteiger partial charge in [0.25, 0.3) is 11.8 Å². The molecule has 1 fully saturated rings. The minimum Gasteiger partial charge on any atom is -0.486 e. The van der Waals surface area contributed by atoms with Crippen LogP contribution in [0.15, 0.2) is 42.6 Å². The number of ether oxygens (including phenoxy) is 2. The Balaban J connectivity index is 1.24. The Kier molecular flexibility index (Phi) is 5.60. The molecule has 3 aliphatic rings. The van der Waals surface area contributed by atoms with Gasteiger partial charge in [0.15, 0.2) is 17.2 Å². The van der Waals surface area contributed by atoms with Crippen LogP contribution in [0.1, 0.15) is 50.6 Å². The molecule has 4 heterocycles. The Morgan fingerprint density at radius 3 is 2.74 bits per heavy atom. The van der Waals surface area contributed by atoms with Crippen molar-refractivity contribution in [2.24, 2.45) is 5.92 Å². The van der Waals surface area contributed by atoms with Crippen LogP contribution in [0.2, 0.25) is 0 Å². The maximum Gasteiger partial charge on any atom is 0.272 e. The van der Waals surface area contributed by atoms with Crippen LogP contribution in [-0.2, 0) is 26.1 Å². The van der Waals surface area contributed by atoms with Crippen molar-refractivity contribution < 1.29 is 19.1 Å². The van der Waals surface area contributed by atoms with Crippen LogP contribution in [0.4, 0.5) is 0 Å². The number of carbonyl (C=O) groups excluding carboxylic acids is 2. The van der Waals surface area contributed by atoms with Crippen LogP contribution < -0.4 is 14.8 Å². The summed E-state index contributed by atoms with van der Waals surface area (Å²) < 4.78 is 13.2. The van der Waals surface area contributed by atoms with Gasteiger partial charge in [0, 0.05) is 42.5 Å². The molecular weight excluding hydrogens is 446 g/mol. The Labute approximate surface area is 203 Å². The van der Waals surface area contributed by atoms with E-state index in [1.807, 2.05) is 22.9 Å². The van der Waals surface area contributed by atoms with E-state index >= 15 is 0 Å². The van der Waals surface area contributed by atoms with Crippen LogP contribution >= 0.6 is 0 Å². The van der Waals surface area contributed by atoms with E-state index in [4.69, 9.17) is 14.6 Å². The Morgan fingerprint density at radius 1 is 1.09 bits per heavy atom. The highest BCUT2D eigenvalue weighted by Gasteiger charge is 2.33. The largest absolute Gasteiger partial charge is 0.486 e. The average Bonchev–Trinajstić information content (AvgIpc) is 3.66. The standard InChI is InChI=1S/C26H27N5O4/c32-25(28-14-19-3-1-2-9-27-19)24-20-16-30(10-8-21(20)31(29-24)15-17-4-5-17)26(33)18-6-7-22-23(13-18)35-12-11-34-22/h1-3,6-7,9,13,17H,4-5,8,10-12,14-16H2,(H,28,32). The highest BCUT2D eigenvalue weighted by Crippen LogP contribution is 2.34. The zero-order valence-electron chi connectivity index (χ0n) is 19.4. The second-order valence-electron chi connectivity index (χ2n) is 9.24. The van der Waals surface area contributed by atoms with E-state index in [0.717, 1.165) is 23.5 Å². The van der Waals surface area contributed by atoms with Gasteiger partial charge in [-0.25, -0.2) is 0 Å². The second kappa shape index (κ2) is 9.05. The molecule has 1 aliphatic carbocycles. The molecule has 0 unspecified atom stereocenters. The normalized spacial score (nSPS) is 16.5. The lowest BCUT2D eigenvalue weighted by Gasteiger charge is -2.28. The van der Waals surface area contributed by atoms with Crippen molar-refractivity contribution in [1.82, 2.24) is 25.0 Å². The van der Waals surface area contributed by atoms with Gasteiger partial charge >= 0.3 is 0 Å². The van der Waals surface area contributed by atoms with E-state index in [1.165, 1.54) is 12.8 Å². The Morgan fingerprint density at radius 2 is 1.94 bits per heavy atom. The topological polar surface area (TPSA) is 98.6 Å². The lowest BCUT2D eigenvalue weighted by molar-refractivity contribution is 0.0729. The molecule has 9 nitrogen and oxygen atoms in total. The molecular formula is C26H27N5O4. The quantitative estimate of drug-likeness (QED) is 0.591. The SMILES string of the molecule is O=C(NCc1ccccn1)c1nn(CC2CC2)c2c1CN(C(=O)c1ccc3c(c1)OCCO3)CC2. The van der Waals surface area contributed by atoms with Crippen LogP contribution in [0, 0.1) is 5.92 Å². The highest BCUT2D eigenvalue weighted by molar-refractivity contribution is 5.96. The molecule has 0 spiro atoms. The summed E-state index contributed by atoms with van der Waals surface area (Å²) in [7, 11) is 0. The first kappa shape index (κ1) is 21.6. The van der Waals surface area contributed by atoms with Crippen molar-refractivity contribution in [3.63, 3.8) is 0 Å². The number of nitrogens with zero attached hydrogens (tertiary/aromatic N) is 4. The van der Waals surface area contributed by atoms with Crippen molar-refractivity contribution in [2.75, 3.05) is 19.8 Å². The molecule has 2 amide bonds. The van der Waals surface area contributed by atoms with E-state index in [2.05, 4.69) is 10.3 Å². The van der Waals surface area contributed by atoms with E-state index in [1.54, 1.807) is 29.3 Å². The highest BCUT2D eigenvalue weighted by atomic mass is 16.6. The summed E-state index contributed by atoms with van der Waals surface area (Å²) in [6.07, 6.45) is 4.77. The van der Waals surface area contributed by atoms with Crippen LogP contribution in [-0.4, -0.2) is 51.2 Å². The fourth-order valence-electron chi connectivity index (χ4n) is 4.66. The van der Waals surface area contributed by atoms with Gasteiger partial charge < -0.3 is 19.7 Å².